The highest BCUT2D eigenvalue weighted by Crippen LogP contribution is 2.30. The number of nitrogens with zero attached hydrogens (tertiary/aromatic N) is 2. The second kappa shape index (κ2) is 7.53. The van der Waals surface area contributed by atoms with Crippen molar-refractivity contribution in [2.45, 2.75) is 45.1 Å². The quantitative estimate of drug-likeness (QED) is 0.769. The summed E-state index contributed by atoms with van der Waals surface area (Å²) in [6.45, 7) is 4.22. The zero-order valence-electron chi connectivity index (χ0n) is 15.2. The van der Waals surface area contributed by atoms with Crippen molar-refractivity contribution in [3.8, 4) is 0 Å². The smallest absolute Gasteiger partial charge is 0.254 e. The van der Waals surface area contributed by atoms with Crippen LogP contribution in [0.1, 0.15) is 48.2 Å². The van der Waals surface area contributed by atoms with E-state index in [2.05, 4.69) is 4.98 Å². The van der Waals surface area contributed by atoms with Crippen LogP contribution < -0.4 is 0 Å². The van der Waals surface area contributed by atoms with Crippen LogP contribution in [0.4, 0.5) is 0 Å². The minimum atomic E-state index is 0.0742. The van der Waals surface area contributed by atoms with Crippen molar-refractivity contribution in [1.82, 2.24) is 9.88 Å². The van der Waals surface area contributed by atoms with E-state index in [0.717, 1.165) is 37.1 Å². The fourth-order valence-corrected chi connectivity index (χ4v) is 4.17. The number of rotatable bonds is 5. The summed E-state index contributed by atoms with van der Waals surface area (Å²) in [4.78, 5) is 20.0. The molecule has 0 bridgehead atoms. The van der Waals surface area contributed by atoms with E-state index >= 15 is 0 Å². The van der Waals surface area contributed by atoms with E-state index in [0.29, 0.717) is 28.6 Å². The van der Waals surface area contributed by atoms with E-state index in [1.54, 1.807) is 0 Å². The normalized spacial score (nSPS) is 20.3. The van der Waals surface area contributed by atoms with Gasteiger partial charge in [0, 0.05) is 30.8 Å². The molecular formula is C21H25ClN2O2. The molecule has 1 amide bonds. The predicted molar refractivity (Wildman–Crippen MR) is 104 cm³/mol. The van der Waals surface area contributed by atoms with E-state index in [9.17, 15) is 4.79 Å². The van der Waals surface area contributed by atoms with Crippen LogP contribution in [0.5, 0.6) is 0 Å². The fraction of sp³-hybridized carbons (Fsp3) is 0.524. The fourth-order valence-electron chi connectivity index (χ4n) is 3.95. The number of carbonyl (C=O) groups excluding carboxylic acids is 1. The summed E-state index contributed by atoms with van der Waals surface area (Å²) in [5.74, 6) is 0.698. The van der Waals surface area contributed by atoms with Gasteiger partial charge in [-0.25, -0.2) is 0 Å². The number of para-hydroxylation sites is 1. The number of hydrogen-bond acceptors (Lipinski definition) is 3. The molecule has 2 fully saturated rings. The molecule has 0 radical (unpaired) electrons. The minimum Gasteiger partial charge on any atom is -0.376 e. The molecule has 0 spiro atoms. The molecule has 1 aromatic heterocycles. The summed E-state index contributed by atoms with van der Waals surface area (Å²) < 4.78 is 5.81. The van der Waals surface area contributed by atoms with Crippen molar-refractivity contribution in [3.63, 3.8) is 0 Å². The first-order valence-electron chi connectivity index (χ1n) is 9.58. The number of benzene rings is 1. The summed E-state index contributed by atoms with van der Waals surface area (Å²) in [6, 6.07) is 7.54. The average Bonchev–Trinajstić information content (AvgIpc) is 3.09. The molecule has 5 heteroatoms. The number of pyridine rings is 1. The highest BCUT2D eigenvalue weighted by molar-refractivity contribution is 6.35. The molecular weight excluding hydrogens is 348 g/mol. The third-order valence-corrected chi connectivity index (χ3v) is 5.89. The monoisotopic (exact) mass is 372 g/mol. The summed E-state index contributed by atoms with van der Waals surface area (Å²) >= 11 is 6.33. The topological polar surface area (TPSA) is 42.4 Å². The van der Waals surface area contributed by atoms with E-state index in [-0.39, 0.29) is 12.0 Å². The van der Waals surface area contributed by atoms with E-state index < -0.39 is 0 Å². The summed E-state index contributed by atoms with van der Waals surface area (Å²) in [7, 11) is 0. The molecule has 1 aliphatic carbocycles. The van der Waals surface area contributed by atoms with Crippen molar-refractivity contribution in [2.75, 3.05) is 19.7 Å². The molecule has 4 rings (SSSR count). The van der Waals surface area contributed by atoms with Gasteiger partial charge < -0.3 is 9.64 Å². The number of hydrogen-bond donors (Lipinski definition) is 0. The lowest BCUT2D eigenvalue weighted by molar-refractivity contribution is 0.0449. The van der Waals surface area contributed by atoms with Gasteiger partial charge in [-0.15, -0.1) is 0 Å². The number of fused-ring (bicyclic) bond motifs is 1. The molecule has 1 aliphatic heterocycles. The van der Waals surface area contributed by atoms with Gasteiger partial charge in [0.1, 0.15) is 0 Å². The first-order chi connectivity index (χ1) is 12.6. The molecule has 1 atom stereocenters. The molecule has 2 heterocycles. The van der Waals surface area contributed by atoms with Crippen LogP contribution in [0.25, 0.3) is 10.9 Å². The van der Waals surface area contributed by atoms with Crippen LogP contribution in [0, 0.1) is 12.8 Å². The standard InChI is InChI=1S/C21H25ClN2O2/c1-14-11-18(17-8-3-9-19(22)20(17)23-14)21(25)24(12-15-5-2-6-15)13-16-7-4-10-26-16/h3,8-9,11,15-16H,2,4-7,10,12-13H2,1H3. The van der Waals surface area contributed by atoms with Crippen LogP contribution in [0.15, 0.2) is 24.3 Å². The predicted octanol–water partition coefficient (Wildman–Crippen LogP) is 4.62. The highest BCUT2D eigenvalue weighted by atomic mass is 35.5. The Kier molecular flexibility index (Phi) is 5.14. The van der Waals surface area contributed by atoms with Gasteiger partial charge in [0.2, 0.25) is 0 Å². The van der Waals surface area contributed by atoms with Crippen LogP contribution in [0.3, 0.4) is 0 Å². The third-order valence-electron chi connectivity index (χ3n) is 5.59. The number of halogens is 1. The summed E-state index contributed by atoms with van der Waals surface area (Å²) in [5, 5.41) is 1.42. The molecule has 1 unspecified atom stereocenters. The van der Waals surface area contributed by atoms with Gasteiger partial charge in [-0.3, -0.25) is 9.78 Å². The van der Waals surface area contributed by atoms with Gasteiger partial charge in [-0.1, -0.05) is 30.2 Å². The van der Waals surface area contributed by atoms with E-state index in [1.807, 2.05) is 36.1 Å². The van der Waals surface area contributed by atoms with Crippen molar-refractivity contribution in [1.29, 1.82) is 0 Å². The van der Waals surface area contributed by atoms with Gasteiger partial charge in [-0.05, 0) is 50.7 Å². The van der Waals surface area contributed by atoms with E-state index in [1.165, 1.54) is 19.3 Å². The Balaban J connectivity index is 1.67. The Morgan fingerprint density at radius 2 is 2.12 bits per heavy atom. The van der Waals surface area contributed by atoms with Gasteiger partial charge >= 0.3 is 0 Å². The molecule has 0 N–H and O–H groups in total. The summed E-state index contributed by atoms with van der Waals surface area (Å²) in [5.41, 5.74) is 2.22. The average molecular weight is 373 g/mol. The molecule has 1 saturated heterocycles. The van der Waals surface area contributed by atoms with Crippen LogP contribution >= 0.6 is 11.6 Å². The van der Waals surface area contributed by atoms with Crippen molar-refractivity contribution >= 4 is 28.4 Å². The Morgan fingerprint density at radius 1 is 1.27 bits per heavy atom. The SMILES string of the molecule is Cc1cc(C(=O)N(CC2CCC2)CC2CCCO2)c2cccc(Cl)c2n1. The summed E-state index contributed by atoms with van der Waals surface area (Å²) in [6.07, 6.45) is 6.00. The van der Waals surface area contributed by atoms with E-state index in [4.69, 9.17) is 16.3 Å². The van der Waals surface area contributed by atoms with Gasteiger partial charge in [0.15, 0.2) is 0 Å². The first-order valence-corrected chi connectivity index (χ1v) is 9.96. The minimum absolute atomic E-state index is 0.0742. The van der Waals surface area contributed by atoms with Gasteiger partial charge in [0.25, 0.3) is 5.91 Å². The lowest BCUT2D eigenvalue weighted by atomic mass is 9.85. The number of carbonyl (C=O) groups is 1. The maximum Gasteiger partial charge on any atom is 0.254 e. The zero-order valence-corrected chi connectivity index (χ0v) is 16.0. The zero-order chi connectivity index (χ0) is 18.1. The Bertz CT molecular complexity index is 813. The molecule has 2 aromatic rings. The Morgan fingerprint density at radius 3 is 2.81 bits per heavy atom. The second-order valence-electron chi connectivity index (χ2n) is 7.59. The van der Waals surface area contributed by atoms with Crippen molar-refractivity contribution in [3.05, 3.63) is 40.5 Å². The van der Waals surface area contributed by atoms with Crippen LogP contribution in [-0.2, 0) is 4.74 Å². The lowest BCUT2D eigenvalue weighted by Crippen LogP contribution is -2.42. The molecule has 138 valence electrons. The molecule has 1 aromatic carbocycles. The second-order valence-corrected chi connectivity index (χ2v) is 8.00. The number of amides is 1. The van der Waals surface area contributed by atoms with Gasteiger partial charge in [-0.2, -0.15) is 0 Å². The lowest BCUT2D eigenvalue weighted by Gasteiger charge is -2.34. The Hall–Kier alpha value is -1.65. The Labute approximate surface area is 159 Å². The van der Waals surface area contributed by atoms with Crippen molar-refractivity contribution in [2.24, 2.45) is 5.92 Å². The first kappa shape index (κ1) is 17.7. The number of aromatic nitrogens is 1. The maximum absolute atomic E-state index is 13.5. The maximum atomic E-state index is 13.5. The molecule has 1 saturated carbocycles. The van der Waals surface area contributed by atoms with Gasteiger partial charge in [0.05, 0.1) is 22.2 Å². The molecule has 2 aliphatic rings. The van der Waals surface area contributed by atoms with Crippen LogP contribution in [-0.4, -0.2) is 41.6 Å². The largest absolute Gasteiger partial charge is 0.376 e. The third kappa shape index (κ3) is 3.58. The van der Waals surface area contributed by atoms with Crippen molar-refractivity contribution < 1.29 is 9.53 Å². The number of aryl methyl sites for hydroxylation is 1. The molecule has 26 heavy (non-hydrogen) atoms. The van der Waals surface area contributed by atoms with Crippen LogP contribution in [0.2, 0.25) is 5.02 Å². The highest BCUT2D eigenvalue weighted by Gasteiger charge is 2.29. The molecule has 4 nitrogen and oxygen atoms in total. The number of ether oxygens (including phenoxy) is 1.